The number of hydrogen-bond donors (Lipinski definition) is 2. The molecule has 20 heavy (non-hydrogen) atoms. The zero-order valence-electron chi connectivity index (χ0n) is 10.6. The van der Waals surface area contributed by atoms with Gasteiger partial charge in [-0.2, -0.15) is 0 Å². The molecule has 2 aromatic rings. The Morgan fingerprint density at radius 3 is 3.10 bits per heavy atom. The van der Waals surface area contributed by atoms with Crippen molar-refractivity contribution in [3.05, 3.63) is 47.8 Å². The molecule has 2 aromatic heterocycles. The maximum atomic E-state index is 11.7. The number of nitrogens with zero attached hydrogens (tertiary/aromatic N) is 1. The maximum absolute atomic E-state index is 11.7. The van der Waals surface area contributed by atoms with Crippen molar-refractivity contribution < 1.29 is 14.3 Å². The third-order valence-electron chi connectivity index (χ3n) is 2.34. The van der Waals surface area contributed by atoms with E-state index in [9.17, 15) is 9.59 Å². The van der Waals surface area contributed by atoms with Gasteiger partial charge in [0, 0.05) is 18.1 Å². The minimum atomic E-state index is -0.618. The minimum Gasteiger partial charge on any atom is -0.452 e. The molecule has 0 aliphatic heterocycles. The van der Waals surface area contributed by atoms with Gasteiger partial charge in [-0.3, -0.25) is 4.79 Å². The van der Waals surface area contributed by atoms with Crippen LogP contribution in [0.25, 0.3) is 0 Å². The maximum Gasteiger partial charge on any atom is 0.358 e. The number of thiazole rings is 1. The largest absolute Gasteiger partial charge is 0.452 e. The molecule has 0 saturated carbocycles. The number of ketones is 1. The van der Waals surface area contributed by atoms with E-state index >= 15 is 0 Å². The minimum absolute atomic E-state index is 0.181. The molecule has 104 valence electrons. The summed E-state index contributed by atoms with van der Waals surface area (Å²) in [5, 5.41) is 5.15. The van der Waals surface area contributed by atoms with Gasteiger partial charge in [0.2, 0.25) is 5.78 Å². The van der Waals surface area contributed by atoms with Crippen LogP contribution in [0.2, 0.25) is 0 Å². The Morgan fingerprint density at radius 1 is 1.55 bits per heavy atom. The van der Waals surface area contributed by atoms with E-state index in [0.717, 1.165) is 0 Å². The number of aromatic amines is 1. The Kier molecular flexibility index (Phi) is 4.67. The van der Waals surface area contributed by atoms with Gasteiger partial charge >= 0.3 is 5.97 Å². The Hall–Kier alpha value is -2.41. The van der Waals surface area contributed by atoms with E-state index in [1.165, 1.54) is 11.3 Å². The number of hydrogen-bond acceptors (Lipinski definition) is 6. The number of Topliss-reactive ketones (excluding diaryl/α,β-unsaturated/α-hetero) is 1. The molecule has 0 aliphatic carbocycles. The van der Waals surface area contributed by atoms with Crippen LogP contribution >= 0.6 is 11.3 Å². The Bertz CT molecular complexity index is 604. The van der Waals surface area contributed by atoms with E-state index in [4.69, 9.17) is 4.74 Å². The normalized spacial score (nSPS) is 10.0. The third-order valence-corrected chi connectivity index (χ3v) is 3.14. The molecular formula is C13H13N3O3S. The lowest BCUT2D eigenvalue weighted by Gasteiger charge is -2.01. The molecule has 2 N–H and O–H groups in total. The molecule has 0 aromatic carbocycles. The Labute approximate surface area is 119 Å². The van der Waals surface area contributed by atoms with Crippen LogP contribution in [0.3, 0.4) is 0 Å². The van der Waals surface area contributed by atoms with Crippen molar-refractivity contribution in [2.75, 3.05) is 18.5 Å². The number of aromatic nitrogens is 2. The zero-order valence-corrected chi connectivity index (χ0v) is 11.4. The smallest absolute Gasteiger partial charge is 0.358 e. The fraction of sp³-hybridized carbons (Fsp3) is 0.154. The number of esters is 1. The average Bonchev–Trinajstić information content (AvgIpc) is 3.12. The monoisotopic (exact) mass is 291 g/mol. The van der Waals surface area contributed by atoms with Gasteiger partial charge < -0.3 is 15.0 Å². The molecule has 0 unspecified atom stereocenters. The number of ether oxygens (including phenoxy) is 1. The predicted molar refractivity (Wildman–Crippen MR) is 76.2 cm³/mol. The highest BCUT2D eigenvalue weighted by Crippen LogP contribution is 2.15. The summed E-state index contributed by atoms with van der Waals surface area (Å²) in [5.74, 6) is -0.906. The summed E-state index contributed by atoms with van der Waals surface area (Å²) in [5.41, 5.74) is 0.588. The molecule has 0 aliphatic rings. The highest BCUT2D eigenvalue weighted by Gasteiger charge is 2.15. The van der Waals surface area contributed by atoms with E-state index in [0.29, 0.717) is 17.4 Å². The second-order valence-corrected chi connectivity index (χ2v) is 4.65. The van der Waals surface area contributed by atoms with E-state index in [1.54, 1.807) is 29.8 Å². The molecule has 0 fully saturated rings. The highest BCUT2D eigenvalue weighted by atomic mass is 32.1. The summed E-state index contributed by atoms with van der Waals surface area (Å²) < 4.78 is 4.92. The van der Waals surface area contributed by atoms with E-state index < -0.39 is 5.97 Å². The fourth-order valence-electron chi connectivity index (χ4n) is 1.39. The zero-order chi connectivity index (χ0) is 14.4. The van der Waals surface area contributed by atoms with Crippen LogP contribution in [0.4, 0.5) is 5.13 Å². The highest BCUT2D eigenvalue weighted by molar-refractivity contribution is 7.13. The van der Waals surface area contributed by atoms with Gasteiger partial charge in [0.15, 0.2) is 17.4 Å². The van der Waals surface area contributed by atoms with Crippen molar-refractivity contribution >= 4 is 28.2 Å². The number of carbonyl (C=O) groups is 2. The van der Waals surface area contributed by atoms with Crippen molar-refractivity contribution in [2.45, 2.75) is 0 Å². The topological polar surface area (TPSA) is 84.1 Å². The molecule has 0 bridgehead atoms. The molecule has 0 amide bonds. The first kappa shape index (κ1) is 14.0. The number of nitrogens with one attached hydrogen (secondary N) is 2. The third kappa shape index (κ3) is 3.55. The van der Waals surface area contributed by atoms with Gasteiger partial charge in [-0.25, -0.2) is 9.78 Å². The summed E-state index contributed by atoms with van der Waals surface area (Å²) in [4.78, 5) is 30.2. The molecule has 0 atom stereocenters. The summed E-state index contributed by atoms with van der Waals surface area (Å²) in [6, 6.07) is 3.32. The van der Waals surface area contributed by atoms with Crippen molar-refractivity contribution in [1.82, 2.24) is 9.97 Å². The van der Waals surface area contributed by atoms with Gasteiger partial charge in [-0.05, 0) is 12.1 Å². The summed E-state index contributed by atoms with van der Waals surface area (Å²) in [6.45, 7) is 3.82. The van der Waals surface area contributed by atoms with Gasteiger partial charge in [0.05, 0.1) is 5.69 Å². The standard InChI is InChI=1S/C13H13N3O3S/c1-2-5-15-13-16-10(8-20-13)12(18)19-7-11(17)9-4-3-6-14-9/h2-4,6,8,14H,1,5,7H2,(H,15,16). The molecule has 2 rings (SSSR count). The number of rotatable bonds is 7. The average molecular weight is 291 g/mol. The van der Waals surface area contributed by atoms with Crippen LogP contribution in [0.15, 0.2) is 36.4 Å². The first-order chi connectivity index (χ1) is 9.70. The molecule has 7 heteroatoms. The quantitative estimate of drug-likeness (QED) is 0.463. The summed E-state index contributed by atoms with van der Waals surface area (Å²) in [6.07, 6.45) is 3.32. The van der Waals surface area contributed by atoms with Gasteiger partial charge in [0.1, 0.15) is 0 Å². The molecule has 0 saturated heterocycles. The van der Waals surface area contributed by atoms with Gasteiger partial charge in [0.25, 0.3) is 0 Å². The summed E-state index contributed by atoms with van der Waals surface area (Å²) in [7, 11) is 0. The molecule has 2 heterocycles. The first-order valence-corrected chi connectivity index (χ1v) is 6.72. The second-order valence-electron chi connectivity index (χ2n) is 3.79. The molecule has 6 nitrogen and oxygen atoms in total. The molecule has 0 spiro atoms. The lowest BCUT2D eigenvalue weighted by molar-refractivity contribution is 0.0468. The lowest BCUT2D eigenvalue weighted by Crippen LogP contribution is -2.14. The SMILES string of the molecule is C=CCNc1nc(C(=O)OCC(=O)c2ccc[nH]2)cs1. The Morgan fingerprint density at radius 2 is 2.40 bits per heavy atom. The number of carbonyl (C=O) groups excluding carboxylic acids is 2. The van der Waals surface area contributed by atoms with Gasteiger partial charge in [-0.1, -0.05) is 6.08 Å². The first-order valence-electron chi connectivity index (χ1n) is 5.84. The van der Waals surface area contributed by atoms with Crippen molar-refractivity contribution in [2.24, 2.45) is 0 Å². The number of H-pyrrole nitrogens is 1. The van der Waals surface area contributed by atoms with Crippen LogP contribution in [0.5, 0.6) is 0 Å². The fourth-order valence-corrected chi connectivity index (χ4v) is 2.08. The van der Waals surface area contributed by atoms with Crippen LogP contribution in [-0.4, -0.2) is 34.9 Å². The van der Waals surface area contributed by atoms with Crippen molar-refractivity contribution in [3.63, 3.8) is 0 Å². The predicted octanol–water partition coefficient (Wildman–Crippen LogP) is 2.11. The van der Waals surface area contributed by atoms with E-state index in [2.05, 4.69) is 21.9 Å². The van der Waals surface area contributed by atoms with Gasteiger partial charge in [-0.15, -0.1) is 17.9 Å². The van der Waals surface area contributed by atoms with Crippen LogP contribution in [0.1, 0.15) is 21.0 Å². The molecular weight excluding hydrogens is 278 g/mol. The molecule has 0 radical (unpaired) electrons. The Balaban J connectivity index is 1.87. The summed E-state index contributed by atoms with van der Waals surface area (Å²) >= 11 is 1.29. The van der Waals surface area contributed by atoms with Crippen LogP contribution < -0.4 is 5.32 Å². The van der Waals surface area contributed by atoms with Crippen molar-refractivity contribution in [3.8, 4) is 0 Å². The van der Waals surface area contributed by atoms with E-state index in [1.807, 2.05) is 0 Å². The van der Waals surface area contributed by atoms with Crippen LogP contribution in [-0.2, 0) is 4.74 Å². The van der Waals surface area contributed by atoms with E-state index in [-0.39, 0.29) is 18.1 Å². The second kappa shape index (κ2) is 6.67. The lowest BCUT2D eigenvalue weighted by atomic mass is 10.3. The van der Waals surface area contributed by atoms with Crippen LogP contribution in [0, 0.1) is 0 Å². The number of anilines is 1. The van der Waals surface area contributed by atoms with Crippen molar-refractivity contribution in [1.29, 1.82) is 0 Å².